The lowest BCUT2D eigenvalue weighted by molar-refractivity contribution is -0.140. The molecule has 1 aliphatic carbocycles. The average Bonchev–Trinajstić information content (AvgIpc) is 3.88. The number of nitrogens with zero attached hydrogens (tertiary/aromatic N) is 4. The van der Waals surface area contributed by atoms with Gasteiger partial charge in [0.15, 0.2) is 0 Å². The monoisotopic (exact) mass is 820 g/mol. The minimum Gasteiger partial charge on any atom is -0.496 e. The molecule has 5 aliphatic rings. The van der Waals surface area contributed by atoms with Crippen LogP contribution >= 0.6 is 11.6 Å². The third kappa shape index (κ3) is 6.90. The van der Waals surface area contributed by atoms with Crippen molar-refractivity contribution in [3.8, 4) is 39.9 Å². The second-order valence-corrected chi connectivity index (χ2v) is 16.8. The maximum absolute atomic E-state index is 15.9. The highest BCUT2D eigenvalue weighted by molar-refractivity contribution is 6.35. The van der Waals surface area contributed by atoms with Crippen LogP contribution in [0.2, 0.25) is 5.02 Å². The molecule has 4 aliphatic heterocycles. The molecule has 58 heavy (non-hydrogen) atoms. The van der Waals surface area contributed by atoms with Gasteiger partial charge in [0.1, 0.15) is 23.2 Å². The summed E-state index contributed by atoms with van der Waals surface area (Å²) in [5, 5.41) is 6.01. The number of methoxy groups -OCH3 is 2. The zero-order valence-corrected chi connectivity index (χ0v) is 32.7. The predicted molar refractivity (Wildman–Crippen MR) is 205 cm³/mol. The fourth-order valence-electron chi connectivity index (χ4n) is 9.61. The molecular weight excluding hydrogens is 780 g/mol. The molecule has 0 radical (unpaired) electrons. The lowest BCUT2D eigenvalue weighted by Crippen LogP contribution is -2.56. The minimum absolute atomic E-state index is 0.0110. The third-order valence-electron chi connectivity index (χ3n) is 12.2. The van der Waals surface area contributed by atoms with E-state index in [1.807, 2.05) is 17.0 Å². The molecule has 6 heterocycles. The second-order valence-electron chi connectivity index (χ2n) is 16.4. The van der Waals surface area contributed by atoms with Crippen LogP contribution in [0.4, 0.5) is 17.6 Å². The SMILES string of the molecule is COc1cc(-c2nccc(-c3cccc4c3CCC4Oc3nc(OC)c(CN4CC5(CNC(=O)C5)C4)cc3C(F)(F)F)c2Cl)cc(F)c1CN1CC2(CNC(=O)C2)C1. The molecule has 0 saturated carbocycles. The Balaban J connectivity index is 0.958. The molecule has 2 aromatic heterocycles. The number of pyridine rings is 2. The first kappa shape index (κ1) is 38.5. The van der Waals surface area contributed by atoms with Gasteiger partial charge in [0, 0.05) is 104 Å². The summed E-state index contributed by atoms with van der Waals surface area (Å²) in [6.07, 6.45) is -2.13. The van der Waals surface area contributed by atoms with Gasteiger partial charge in [0.2, 0.25) is 23.6 Å². The summed E-state index contributed by atoms with van der Waals surface area (Å²) in [7, 11) is 2.85. The van der Waals surface area contributed by atoms with E-state index in [4.69, 9.17) is 25.8 Å². The highest BCUT2D eigenvalue weighted by Crippen LogP contribution is 2.47. The number of rotatable bonds is 10. The Labute approximate surface area is 337 Å². The first-order valence-corrected chi connectivity index (χ1v) is 19.6. The van der Waals surface area contributed by atoms with E-state index in [1.165, 1.54) is 20.3 Å². The number of nitrogens with one attached hydrogen (secondary N) is 2. The zero-order valence-electron chi connectivity index (χ0n) is 31.9. The van der Waals surface area contributed by atoms with Crippen LogP contribution in [0.25, 0.3) is 22.4 Å². The van der Waals surface area contributed by atoms with Crippen LogP contribution in [-0.2, 0) is 35.3 Å². The van der Waals surface area contributed by atoms with Gasteiger partial charge in [-0.2, -0.15) is 18.2 Å². The fraction of sp³-hybridized carbons (Fsp3) is 0.429. The van der Waals surface area contributed by atoms with Crippen LogP contribution < -0.4 is 24.8 Å². The quantitative estimate of drug-likeness (QED) is 0.177. The number of amides is 2. The Hall–Kier alpha value is -4.99. The first-order chi connectivity index (χ1) is 27.8. The standard InChI is InChI=1S/C42H41ClF4N6O5/c1-56-33-12-23(11-31(44)29(33)16-53-21-41(22-53)14-35(55)50-18-41)37-36(43)28(8-9-48-37)25-4-3-5-27-26(25)6-7-32(27)58-39-30(42(45,46)47)10-24(38(51-39)57-2)15-52-19-40(20-52)13-34(54)49-17-40/h3-5,8-12,32H,6-7,13-22H2,1-2H3,(H,49,54)(H,50,55). The number of hydrogen-bond acceptors (Lipinski definition) is 9. The van der Waals surface area contributed by atoms with Crippen molar-refractivity contribution in [2.75, 3.05) is 53.5 Å². The Morgan fingerprint density at radius 3 is 2.21 bits per heavy atom. The molecule has 9 rings (SSSR count). The Kier molecular flexibility index (Phi) is 9.55. The molecule has 1 unspecified atom stereocenters. The van der Waals surface area contributed by atoms with Crippen molar-refractivity contribution in [3.05, 3.63) is 87.3 Å². The molecule has 11 nitrogen and oxygen atoms in total. The Morgan fingerprint density at radius 1 is 0.897 bits per heavy atom. The summed E-state index contributed by atoms with van der Waals surface area (Å²) in [5.41, 5.74) is 3.14. The number of likely N-dealkylation sites (tertiary alicyclic amines) is 2. The average molecular weight is 821 g/mol. The largest absolute Gasteiger partial charge is 0.496 e. The lowest BCUT2D eigenvalue weighted by atomic mass is 9.78. The predicted octanol–water partition coefficient (Wildman–Crippen LogP) is 6.35. The van der Waals surface area contributed by atoms with Crippen molar-refractivity contribution in [1.82, 2.24) is 30.4 Å². The number of benzene rings is 2. The fourth-order valence-corrected chi connectivity index (χ4v) is 9.93. The number of fused-ring (bicyclic) bond motifs is 1. The number of halogens is 5. The smallest absolute Gasteiger partial charge is 0.421 e. The third-order valence-corrected chi connectivity index (χ3v) is 12.6. The molecule has 16 heteroatoms. The van der Waals surface area contributed by atoms with Crippen LogP contribution in [0.15, 0.2) is 48.7 Å². The normalized spacial score (nSPS) is 20.8. The van der Waals surface area contributed by atoms with Gasteiger partial charge in [-0.1, -0.05) is 29.8 Å². The molecule has 2 N–H and O–H groups in total. The maximum atomic E-state index is 15.9. The van der Waals surface area contributed by atoms with Crippen molar-refractivity contribution >= 4 is 23.4 Å². The number of alkyl halides is 3. The van der Waals surface area contributed by atoms with E-state index >= 15 is 4.39 Å². The summed E-state index contributed by atoms with van der Waals surface area (Å²) in [5.74, 6) is -0.605. The molecule has 4 aromatic rings. The van der Waals surface area contributed by atoms with Crippen molar-refractivity contribution < 1.29 is 41.4 Å². The van der Waals surface area contributed by atoms with Gasteiger partial charge in [-0.05, 0) is 53.8 Å². The van der Waals surface area contributed by atoms with E-state index in [9.17, 15) is 22.8 Å². The molecule has 2 amide bonds. The molecule has 4 fully saturated rings. The number of aromatic nitrogens is 2. The summed E-state index contributed by atoms with van der Waals surface area (Å²) in [6.45, 7) is 4.23. The van der Waals surface area contributed by atoms with E-state index in [0.29, 0.717) is 105 Å². The summed E-state index contributed by atoms with van der Waals surface area (Å²) >= 11 is 7.07. The van der Waals surface area contributed by atoms with Crippen molar-refractivity contribution in [2.45, 2.75) is 51.1 Å². The van der Waals surface area contributed by atoms with Gasteiger partial charge in [-0.25, -0.2) is 4.39 Å². The van der Waals surface area contributed by atoms with Crippen LogP contribution in [0.1, 0.15) is 53.2 Å². The minimum atomic E-state index is -4.75. The number of ether oxygens (including phenoxy) is 3. The highest BCUT2D eigenvalue weighted by atomic mass is 35.5. The van der Waals surface area contributed by atoms with Crippen molar-refractivity contribution in [2.24, 2.45) is 10.8 Å². The van der Waals surface area contributed by atoms with Crippen LogP contribution in [-0.4, -0.2) is 85.1 Å². The highest BCUT2D eigenvalue weighted by Gasteiger charge is 2.49. The Bertz CT molecular complexity index is 2330. The zero-order chi connectivity index (χ0) is 40.6. The van der Waals surface area contributed by atoms with Crippen LogP contribution in [0.5, 0.6) is 17.5 Å². The maximum Gasteiger partial charge on any atom is 0.421 e. The van der Waals surface area contributed by atoms with Crippen molar-refractivity contribution in [3.63, 3.8) is 0 Å². The van der Waals surface area contributed by atoms with Gasteiger partial charge in [-0.3, -0.25) is 24.4 Å². The summed E-state index contributed by atoms with van der Waals surface area (Å²) in [4.78, 5) is 36.4. The number of hydrogen-bond donors (Lipinski definition) is 2. The number of carbonyl (C=O) groups is 2. The van der Waals surface area contributed by atoms with Gasteiger partial charge < -0.3 is 24.8 Å². The Morgan fingerprint density at radius 2 is 1.59 bits per heavy atom. The van der Waals surface area contributed by atoms with E-state index in [0.717, 1.165) is 17.2 Å². The molecule has 304 valence electrons. The van der Waals surface area contributed by atoms with E-state index in [1.54, 1.807) is 24.4 Å². The van der Waals surface area contributed by atoms with E-state index < -0.39 is 29.5 Å². The number of carbonyl (C=O) groups excluding carboxylic acids is 2. The molecule has 1 atom stereocenters. The lowest BCUT2D eigenvalue weighted by Gasteiger charge is -2.47. The summed E-state index contributed by atoms with van der Waals surface area (Å²) in [6, 6.07) is 11.4. The second kappa shape index (κ2) is 14.4. The van der Waals surface area contributed by atoms with Crippen molar-refractivity contribution in [1.29, 1.82) is 0 Å². The van der Waals surface area contributed by atoms with Gasteiger partial charge >= 0.3 is 6.18 Å². The molecule has 0 bridgehead atoms. The summed E-state index contributed by atoms with van der Waals surface area (Å²) < 4.78 is 76.9. The van der Waals surface area contributed by atoms with Crippen LogP contribution in [0, 0.1) is 16.6 Å². The topological polar surface area (TPSA) is 118 Å². The van der Waals surface area contributed by atoms with E-state index in [-0.39, 0.29) is 45.7 Å². The first-order valence-electron chi connectivity index (χ1n) is 19.2. The van der Waals surface area contributed by atoms with Gasteiger partial charge in [-0.15, -0.1) is 0 Å². The van der Waals surface area contributed by atoms with E-state index in [2.05, 4.69) is 25.5 Å². The van der Waals surface area contributed by atoms with Gasteiger partial charge in [0.05, 0.1) is 24.9 Å². The molecule has 2 spiro atoms. The molecular formula is C42H41ClF4N6O5. The van der Waals surface area contributed by atoms with Crippen LogP contribution in [0.3, 0.4) is 0 Å². The van der Waals surface area contributed by atoms with Gasteiger partial charge in [0.25, 0.3) is 0 Å². The molecule has 2 aromatic carbocycles. The molecule has 4 saturated heterocycles.